The van der Waals surface area contributed by atoms with Gasteiger partial charge in [0.15, 0.2) is 0 Å². The second kappa shape index (κ2) is 8.55. The van der Waals surface area contributed by atoms with Crippen molar-refractivity contribution in [1.29, 1.82) is 0 Å². The molecule has 0 aliphatic heterocycles. The van der Waals surface area contributed by atoms with E-state index in [-0.39, 0.29) is 24.9 Å². The average molecular weight is 233 g/mol. The van der Waals surface area contributed by atoms with Crippen LogP contribution in [0, 0.1) is 5.92 Å². The first kappa shape index (κ1) is 14.2. The van der Waals surface area contributed by atoms with Crippen molar-refractivity contribution in [2.45, 2.75) is 6.92 Å². The molecule has 0 rings (SSSR count). The summed E-state index contributed by atoms with van der Waals surface area (Å²) in [6, 6.07) is 0. The third-order valence-corrected chi connectivity index (χ3v) is 2.63. The number of carbonyl (C=O) groups excluding carboxylic acids is 2. The highest BCUT2D eigenvalue weighted by molar-refractivity contribution is 7.98. The van der Waals surface area contributed by atoms with Crippen molar-refractivity contribution in [2.75, 3.05) is 31.6 Å². The summed E-state index contributed by atoms with van der Waals surface area (Å²) in [6.07, 6.45) is 2.03. The van der Waals surface area contributed by atoms with E-state index in [2.05, 4.69) is 17.6 Å². The molecular weight excluding hydrogens is 214 g/mol. The van der Waals surface area contributed by atoms with Gasteiger partial charge in [-0.1, -0.05) is 6.92 Å². The van der Waals surface area contributed by atoms with Gasteiger partial charge in [0.2, 0.25) is 11.8 Å². The molecule has 1 atom stereocenters. The molecule has 5 nitrogen and oxygen atoms in total. The van der Waals surface area contributed by atoms with Crippen LogP contribution in [0.25, 0.3) is 0 Å². The Morgan fingerprint density at radius 3 is 2.53 bits per heavy atom. The highest BCUT2D eigenvalue weighted by Crippen LogP contribution is 2.02. The van der Waals surface area contributed by atoms with E-state index >= 15 is 0 Å². The summed E-state index contributed by atoms with van der Waals surface area (Å²) in [5, 5.41) is 5.15. The van der Waals surface area contributed by atoms with E-state index in [1.165, 1.54) is 0 Å². The van der Waals surface area contributed by atoms with E-state index in [0.29, 0.717) is 12.5 Å². The molecular formula is C9H19N3O2S. The topological polar surface area (TPSA) is 84.2 Å². The number of nitrogens with one attached hydrogen (secondary N) is 2. The monoisotopic (exact) mass is 233 g/mol. The molecule has 15 heavy (non-hydrogen) atoms. The maximum absolute atomic E-state index is 11.2. The lowest BCUT2D eigenvalue weighted by Crippen LogP contribution is -2.40. The molecule has 4 N–H and O–H groups in total. The standard InChI is InChI=1S/C9H19N3O2S/c1-7(6-15-2)4-11-9(14)5-12-8(13)3-10/h7H,3-6,10H2,1-2H3,(H,11,14)(H,12,13). The summed E-state index contributed by atoms with van der Waals surface area (Å²) >= 11 is 1.75. The smallest absolute Gasteiger partial charge is 0.239 e. The fourth-order valence-electron chi connectivity index (χ4n) is 0.945. The Hall–Kier alpha value is -0.750. The van der Waals surface area contributed by atoms with Crippen molar-refractivity contribution in [3.63, 3.8) is 0 Å². The summed E-state index contributed by atoms with van der Waals surface area (Å²) in [5.74, 6) is 0.955. The van der Waals surface area contributed by atoms with Gasteiger partial charge in [-0.25, -0.2) is 0 Å². The maximum Gasteiger partial charge on any atom is 0.239 e. The van der Waals surface area contributed by atoms with Gasteiger partial charge in [0.1, 0.15) is 0 Å². The lowest BCUT2D eigenvalue weighted by Gasteiger charge is -2.11. The van der Waals surface area contributed by atoms with Crippen molar-refractivity contribution in [2.24, 2.45) is 11.7 Å². The Morgan fingerprint density at radius 1 is 1.33 bits per heavy atom. The van der Waals surface area contributed by atoms with Crippen molar-refractivity contribution in [1.82, 2.24) is 10.6 Å². The van der Waals surface area contributed by atoms with E-state index in [1.54, 1.807) is 11.8 Å². The van der Waals surface area contributed by atoms with Gasteiger partial charge in [-0.15, -0.1) is 0 Å². The Labute approximate surface area is 94.5 Å². The van der Waals surface area contributed by atoms with E-state index in [9.17, 15) is 9.59 Å². The fourth-order valence-corrected chi connectivity index (χ4v) is 1.63. The molecule has 0 fully saturated rings. The van der Waals surface area contributed by atoms with Crippen LogP contribution in [0.4, 0.5) is 0 Å². The van der Waals surface area contributed by atoms with Crippen LogP contribution in [0.5, 0.6) is 0 Å². The third-order valence-electron chi connectivity index (χ3n) is 1.73. The number of thioether (sulfide) groups is 1. The largest absolute Gasteiger partial charge is 0.354 e. The molecule has 2 amide bonds. The van der Waals surface area contributed by atoms with Crippen molar-refractivity contribution >= 4 is 23.6 Å². The molecule has 0 saturated heterocycles. The maximum atomic E-state index is 11.2. The van der Waals surface area contributed by atoms with Gasteiger partial charge in [-0.3, -0.25) is 9.59 Å². The Morgan fingerprint density at radius 2 is 2.00 bits per heavy atom. The van der Waals surface area contributed by atoms with E-state index in [1.807, 2.05) is 6.26 Å². The molecule has 1 unspecified atom stereocenters. The van der Waals surface area contributed by atoms with Gasteiger partial charge < -0.3 is 16.4 Å². The van der Waals surface area contributed by atoms with Crippen LogP contribution >= 0.6 is 11.8 Å². The molecule has 0 aromatic heterocycles. The molecule has 0 spiro atoms. The highest BCUT2D eigenvalue weighted by Gasteiger charge is 2.05. The quantitative estimate of drug-likeness (QED) is 0.536. The number of amides is 2. The summed E-state index contributed by atoms with van der Waals surface area (Å²) in [4.78, 5) is 21.9. The molecule has 0 aliphatic carbocycles. The van der Waals surface area contributed by atoms with E-state index < -0.39 is 0 Å². The number of carbonyl (C=O) groups is 2. The van der Waals surface area contributed by atoms with Crippen LogP contribution in [-0.2, 0) is 9.59 Å². The van der Waals surface area contributed by atoms with Gasteiger partial charge in [0, 0.05) is 6.54 Å². The fraction of sp³-hybridized carbons (Fsp3) is 0.778. The second-order valence-electron chi connectivity index (χ2n) is 3.35. The third kappa shape index (κ3) is 8.26. The Kier molecular flexibility index (Phi) is 8.12. The molecule has 88 valence electrons. The van der Waals surface area contributed by atoms with Gasteiger partial charge in [-0.2, -0.15) is 11.8 Å². The molecule has 0 saturated carbocycles. The van der Waals surface area contributed by atoms with Crippen LogP contribution in [0.15, 0.2) is 0 Å². The lowest BCUT2D eigenvalue weighted by atomic mass is 10.2. The highest BCUT2D eigenvalue weighted by atomic mass is 32.2. The molecule has 6 heteroatoms. The summed E-state index contributed by atoms with van der Waals surface area (Å²) in [5.41, 5.74) is 5.07. The normalized spacial score (nSPS) is 11.9. The number of hydrogen-bond donors (Lipinski definition) is 3. The summed E-state index contributed by atoms with van der Waals surface area (Å²) in [7, 11) is 0. The zero-order chi connectivity index (χ0) is 11.7. The SMILES string of the molecule is CSCC(C)CNC(=O)CNC(=O)CN. The minimum atomic E-state index is -0.317. The predicted molar refractivity (Wildman–Crippen MR) is 62.6 cm³/mol. The Balaban J connectivity index is 3.53. The number of nitrogens with two attached hydrogens (primary N) is 1. The first-order valence-electron chi connectivity index (χ1n) is 4.82. The summed E-state index contributed by atoms with van der Waals surface area (Å²) in [6.45, 7) is 2.62. The average Bonchev–Trinajstić information content (AvgIpc) is 2.23. The first-order valence-corrected chi connectivity index (χ1v) is 6.22. The van der Waals surface area contributed by atoms with Crippen molar-refractivity contribution in [3.05, 3.63) is 0 Å². The lowest BCUT2D eigenvalue weighted by molar-refractivity contribution is -0.125. The molecule has 0 aromatic carbocycles. The van der Waals surface area contributed by atoms with Crippen LogP contribution in [0.1, 0.15) is 6.92 Å². The van der Waals surface area contributed by atoms with Crippen molar-refractivity contribution in [3.8, 4) is 0 Å². The predicted octanol–water partition coefficient (Wildman–Crippen LogP) is -0.823. The van der Waals surface area contributed by atoms with Crippen LogP contribution in [0.3, 0.4) is 0 Å². The van der Waals surface area contributed by atoms with Gasteiger partial charge in [0.25, 0.3) is 0 Å². The number of rotatable bonds is 7. The van der Waals surface area contributed by atoms with Crippen LogP contribution < -0.4 is 16.4 Å². The van der Waals surface area contributed by atoms with Crippen molar-refractivity contribution < 1.29 is 9.59 Å². The summed E-state index contributed by atoms with van der Waals surface area (Å²) < 4.78 is 0. The zero-order valence-electron chi connectivity index (χ0n) is 9.21. The molecule has 0 heterocycles. The molecule has 0 aromatic rings. The van der Waals surface area contributed by atoms with Crippen LogP contribution in [-0.4, -0.2) is 43.5 Å². The van der Waals surface area contributed by atoms with E-state index in [4.69, 9.17) is 5.73 Å². The molecule has 0 radical (unpaired) electrons. The second-order valence-corrected chi connectivity index (χ2v) is 4.26. The Bertz CT molecular complexity index is 212. The minimum Gasteiger partial charge on any atom is -0.354 e. The van der Waals surface area contributed by atoms with Gasteiger partial charge in [0.05, 0.1) is 13.1 Å². The minimum absolute atomic E-state index is 0.00201. The van der Waals surface area contributed by atoms with E-state index in [0.717, 1.165) is 5.75 Å². The van der Waals surface area contributed by atoms with Gasteiger partial charge in [-0.05, 0) is 17.9 Å². The van der Waals surface area contributed by atoms with Crippen LogP contribution in [0.2, 0.25) is 0 Å². The first-order chi connectivity index (χ1) is 7.10. The van der Waals surface area contributed by atoms with Gasteiger partial charge >= 0.3 is 0 Å². The number of hydrogen-bond acceptors (Lipinski definition) is 4. The zero-order valence-corrected chi connectivity index (χ0v) is 10.0. The molecule has 0 aliphatic rings. The molecule has 0 bridgehead atoms.